The second-order valence-corrected chi connectivity index (χ2v) is 8.29. The highest BCUT2D eigenvalue weighted by molar-refractivity contribution is 5.84. The van der Waals surface area contributed by atoms with Crippen molar-refractivity contribution in [3.8, 4) is 0 Å². The number of nitrogens with zero attached hydrogens (tertiary/aromatic N) is 2. The van der Waals surface area contributed by atoms with Crippen molar-refractivity contribution in [1.29, 1.82) is 0 Å². The number of aromatic carboxylic acids is 1. The SMILES string of the molecule is CC(C)(C)c1cc(Cc2cnc(C(=O)O)cn2)cc(C(C)(C)C)c1. The van der Waals surface area contributed by atoms with Gasteiger partial charge in [-0.25, -0.2) is 9.78 Å². The largest absolute Gasteiger partial charge is 0.476 e. The Morgan fingerprint density at radius 3 is 1.83 bits per heavy atom. The highest BCUT2D eigenvalue weighted by Gasteiger charge is 2.20. The van der Waals surface area contributed by atoms with E-state index in [-0.39, 0.29) is 16.5 Å². The highest BCUT2D eigenvalue weighted by Crippen LogP contribution is 2.30. The lowest BCUT2D eigenvalue weighted by Crippen LogP contribution is -2.17. The van der Waals surface area contributed by atoms with Gasteiger partial charge in [0.15, 0.2) is 5.69 Å². The zero-order valence-electron chi connectivity index (χ0n) is 15.3. The van der Waals surface area contributed by atoms with E-state index in [9.17, 15) is 4.79 Å². The molecule has 0 aliphatic heterocycles. The van der Waals surface area contributed by atoms with Gasteiger partial charge in [0.25, 0.3) is 0 Å². The van der Waals surface area contributed by atoms with Gasteiger partial charge in [-0.1, -0.05) is 59.7 Å². The summed E-state index contributed by atoms with van der Waals surface area (Å²) in [7, 11) is 0. The van der Waals surface area contributed by atoms with Crippen LogP contribution in [0.5, 0.6) is 0 Å². The lowest BCUT2D eigenvalue weighted by atomic mass is 9.79. The molecule has 0 aliphatic carbocycles. The summed E-state index contributed by atoms with van der Waals surface area (Å²) in [5, 5.41) is 8.91. The van der Waals surface area contributed by atoms with Gasteiger partial charge in [-0.3, -0.25) is 4.98 Å². The standard InChI is InChI=1S/C20H26N2O2/c1-19(2,3)14-7-13(8-15(10-14)20(4,5)6)9-16-11-22-17(12-21-16)18(23)24/h7-8,10-12H,9H2,1-6H3,(H,23,24). The zero-order chi connectivity index (χ0) is 18.1. The van der Waals surface area contributed by atoms with Crippen molar-refractivity contribution in [2.75, 3.05) is 0 Å². The van der Waals surface area contributed by atoms with Gasteiger partial charge in [0, 0.05) is 12.6 Å². The number of carbonyl (C=O) groups is 1. The van der Waals surface area contributed by atoms with E-state index in [0.29, 0.717) is 6.42 Å². The summed E-state index contributed by atoms with van der Waals surface area (Å²) < 4.78 is 0. The molecule has 0 radical (unpaired) electrons. The van der Waals surface area contributed by atoms with Gasteiger partial charge in [0.1, 0.15) is 0 Å². The van der Waals surface area contributed by atoms with Crippen molar-refractivity contribution in [2.24, 2.45) is 0 Å². The van der Waals surface area contributed by atoms with Crippen LogP contribution in [0.4, 0.5) is 0 Å². The first-order valence-corrected chi connectivity index (χ1v) is 8.16. The Morgan fingerprint density at radius 2 is 1.46 bits per heavy atom. The Kier molecular flexibility index (Phi) is 4.79. The molecule has 0 bridgehead atoms. The monoisotopic (exact) mass is 326 g/mol. The summed E-state index contributed by atoms with van der Waals surface area (Å²) >= 11 is 0. The number of carboxylic acids is 1. The van der Waals surface area contributed by atoms with Crippen LogP contribution in [0, 0.1) is 0 Å². The van der Waals surface area contributed by atoms with Gasteiger partial charge in [-0.2, -0.15) is 0 Å². The van der Waals surface area contributed by atoms with E-state index >= 15 is 0 Å². The van der Waals surface area contributed by atoms with E-state index in [0.717, 1.165) is 5.69 Å². The minimum Gasteiger partial charge on any atom is -0.476 e. The van der Waals surface area contributed by atoms with Crippen molar-refractivity contribution >= 4 is 5.97 Å². The molecule has 0 fully saturated rings. The molecule has 0 atom stereocenters. The summed E-state index contributed by atoms with van der Waals surface area (Å²) in [6.45, 7) is 13.3. The maximum Gasteiger partial charge on any atom is 0.356 e. The highest BCUT2D eigenvalue weighted by atomic mass is 16.4. The number of carboxylic acid groups (broad SMARTS) is 1. The molecular formula is C20H26N2O2. The molecule has 0 saturated carbocycles. The molecule has 4 nitrogen and oxygen atoms in total. The van der Waals surface area contributed by atoms with E-state index in [4.69, 9.17) is 5.11 Å². The van der Waals surface area contributed by atoms with Crippen LogP contribution in [-0.2, 0) is 17.3 Å². The molecule has 128 valence electrons. The van der Waals surface area contributed by atoms with Crippen LogP contribution in [0.25, 0.3) is 0 Å². The molecule has 1 aromatic heterocycles. The smallest absolute Gasteiger partial charge is 0.356 e. The minimum absolute atomic E-state index is 0.0300. The number of aromatic nitrogens is 2. The molecule has 4 heteroatoms. The van der Waals surface area contributed by atoms with Crippen LogP contribution < -0.4 is 0 Å². The van der Waals surface area contributed by atoms with Crippen molar-refractivity contribution in [1.82, 2.24) is 9.97 Å². The molecule has 0 amide bonds. The first kappa shape index (κ1) is 18.1. The number of hydrogen-bond acceptors (Lipinski definition) is 3. The maximum atomic E-state index is 10.9. The molecule has 0 saturated heterocycles. The first-order valence-electron chi connectivity index (χ1n) is 8.16. The quantitative estimate of drug-likeness (QED) is 0.910. The van der Waals surface area contributed by atoms with E-state index in [1.807, 2.05) is 0 Å². The third-order valence-electron chi connectivity index (χ3n) is 4.03. The van der Waals surface area contributed by atoms with Crippen molar-refractivity contribution in [3.05, 3.63) is 58.7 Å². The second kappa shape index (κ2) is 6.34. The van der Waals surface area contributed by atoms with E-state index in [1.54, 1.807) is 6.20 Å². The molecule has 0 aliphatic rings. The summed E-state index contributed by atoms with van der Waals surface area (Å²) in [4.78, 5) is 19.1. The van der Waals surface area contributed by atoms with Gasteiger partial charge in [0.05, 0.1) is 11.9 Å². The Morgan fingerprint density at radius 1 is 0.917 bits per heavy atom. The lowest BCUT2D eigenvalue weighted by Gasteiger charge is -2.26. The van der Waals surface area contributed by atoms with E-state index < -0.39 is 5.97 Å². The number of hydrogen-bond donors (Lipinski definition) is 1. The molecule has 2 aromatic rings. The second-order valence-electron chi connectivity index (χ2n) is 8.29. The predicted molar refractivity (Wildman–Crippen MR) is 95.6 cm³/mol. The lowest BCUT2D eigenvalue weighted by molar-refractivity contribution is 0.0690. The molecule has 0 spiro atoms. The Labute approximate surface area is 144 Å². The van der Waals surface area contributed by atoms with Gasteiger partial charge in [0.2, 0.25) is 0 Å². The minimum atomic E-state index is -1.06. The van der Waals surface area contributed by atoms with Gasteiger partial charge in [-0.05, 0) is 27.5 Å². The van der Waals surface area contributed by atoms with E-state index in [1.165, 1.54) is 22.9 Å². The van der Waals surface area contributed by atoms with Gasteiger partial charge < -0.3 is 5.11 Å². The van der Waals surface area contributed by atoms with Gasteiger partial charge in [-0.15, -0.1) is 0 Å². The Balaban J connectivity index is 2.40. The average molecular weight is 326 g/mol. The topological polar surface area (TPSA) is 63.1 Å². The molecule has 24 heavy (non-hydrogen) atoms. The molecule has 1 heterocycles. The normalized spacial score (nSPS) is 12.2. The number of rotatable bonds is 3. The fourth-order valence-electron chi connectivity index (χ4n) is 2.43. The molecule has 1 N–H and O–H groups in total. The molecule has 1 aromatic carbocycles. The summed E-state index contributed by atoms with van der Waals surface area (Å²) in [6.07, 6.45) is 3.50. The van der Waals surface area contributed by atoms with Crippen LogP contribution in [0.2, 0.25) is 0 Å². The molecular weight excluding hydrogens is 300 g/mol. The van der Waals surface area contributed by atoms with Crippen molar-refractivity contribution in [3.63, 3.8) is 0 Å². The third kappa shape index (κ3) is 4.40. The number of benzene rings is 1. The van der Waals surface area contributed by atoms with Crippen LogP contribution >= 0.6 is 0 Å². The Hall–Kier alpha value is -2.23. The van der Waals surface area contributed by atoms with Crippen LogP contribution in [-0.4, -0.2) is 21.0 Å². The third-order valence-corrected chi connectivity index (χ3v) is 4.03. The fourth-order valence-corrected chi connectivity index (χ4v) is 2.43. The zero-order valence-corrected chi connectivity index (χ0v) is 15.3. The summed E-state index contributed by atoms with van der Waals surface area (Å²) in [6, 6.07) is 6.70. The van der Waals surface area contributed by atoms with Crippen LogP contribution in [0.3, 0.4) is 0 Å². The molecule has 0 unspecified atom stereocenters. The van der Waals surface area contributed by atoms with Crippen LogP contribution in [0.1, 0.15) is 74.4 Å². The predicted octanol–water partition coefficient (Wildman–Crippen LogP) is 4.36. The van der Waals surface area contributed by atoms with E-state index in [2.05, 4.69) is 69.7 Å². The molecule has 2 rings (SSSR count). The van der Waals surface area contributed by atoms with Crippen molar-refractivity contribution in [2.45, 2.75) is 58.8 Å². The average Bonchev–Trinajstić information content (AvgIpc) is 2.45. The summed E-state index contributed by atoms with van der Waals surface area (Å²) in [5.74, 6) is -1.06. The summed E-state index contributed by atoms with van der Waals surface area (Å²) in [5.41, 5.74) is 4.62. The van der Waals surface area contributed by atoms with Crippen LogP contribution in [0.15, 0.2) is 30.6 Å². The maximum absolute atomic E-state index is 10.9. The van der Waals surface area contributed by atoms with Crippen molar-refractivity contribution < 1.29 is 9.90 Å². The first-order chi connectivity index (χ1) is 11.0. The van der Waals surface area contributed by atoms with Gasteiger partial charge >= 0.3 is 5.97 Å². The fraction of sp³-hybridized carbons (Fsp3) is 0.450. The Bertz CT molecular complexity index is 703.